The summed E-state index contributed by atoms with van der Waals surface area (Å²) in [5.74, 6) is -3.01. The molecule has 0 spiro atoms. The number of hydrogen-bond acceptors (Lipinski definition) is 3. The Kier molecular flexibility index (Phi) is 4.81. The van der Waals surface area contributed by atoms with Gasteiger partial charge in [0.1, 0.15) is 16.4 Å². The summed E-state index contributed by atoms with van der Waals surface area (Å²) in [4.78, 5) is 11.8. The monoisotopic (exact) mass is 288 g/mol. The predicted molar refractivity (Wildman–Crippen MR) is 64.7 cm³/mol. The Morgan fingerprint density at radius 3 is 2.74 bits per heavy atom. The molecule has 7 heteroatoms. The van der Waals surface area contributed by atoms with Crippen LogP contribution in [-0.4, -0.2) is 25.2 Å². The lowest BCUT2D eigenvalue weighted by Gasteiger charge is -2.22. The smallest absolute Gasteiger partial charge is 0.255 e. The number of carbonyl (C=O) groups is 1. The van der Waals surface area contributed by atoms with E-state index in [9.17, 15) is 13.6 Å². The van der Waals surface area contributed by atoms with Crippen molar-refractivity contribution in [1.82, 2.24) is 5.32 Å². The molecule has 1 unspecified atom stereocenters. The Labute approximate surface area is 113 Å². The van der Waals surface area contributed by atoms with Gasteiger partial charge in [-0.3, -0.25) is 4.79 Å². The molecule has 0 fully saturated rings. The van der Waals surface area contributed by atoms with Crippen LogP contribution >= 0.6 is 11.6 Å². The molecule has 1 aromatic rings. The molecule has 1 amide bonds. The SMILES string of the molecule is COCC(C)(C#N)NC(=O)c1ccc(F)c(Cl)c1F. The van der Waals surface area contributed by atoms with Crippen LogP contribution in [0.15, 0.2) is 12.1 Å². The molecule has 0 aliphatic heterocycles. The molecule has 1 atom stereocenters. The first-order valence-corrected chi connectivity index (χ1v) is 5.58. The van der Waals surface area contributed by atoms with Crippen LogP contribution in [0.1, 0.15) is 17.3 Å². The van der Waals surface area contributed by atoms with Gasteiger partial charge < -0.3 is 10.1 Å². The lowest BCUT2D eigenvalue weighted by Crippen LogP contribution is -2.48. The van der Waals surface area contributed by atoms with Gasteiger partial charge in [0.25, 0.3) is 5.91 Å². The maximum absolute atomic E-state index is 13.6. The van der Waals surface area contributed by atoms with Crippen LogP contribution in [-0.2, 0) is 4.74 Å². The van der Waals surface area contributed by atoms with Crippen molar-refractivity contribution < 1.29 is 18.3 Å². The van der Waals surface area contributed by atoms with Gasteiger partial charge in [0.05, 0.1) is 18.2 Å². The Hall–Kier alpha value is -1.71. The van der Waals surface area contributed by atoms with Crippen molar-refractivity contribution in [2.75, 3.05) is 13.7 Å². The molecule has 0 saturated heterocycles. The third-order valence-corrected chi connectivity index (χ3v) is 2.70. The van der Waals surface area contributed by atoms with Gasteiger partial charge in [0.2, 0.25) is 0 Å². The minimum Gasteiger partial charge on any atom is -0.381 e. The Morgan fingerprint density at radius 2 is 2.21 bits per heavy atom. The molecule has 1 rings (SSSR count). The van der Waals surface area contributed by atoms with E-state index in [1.54, 1.807) is 0 Å². The quantitative estimate of drug-likeness (QED) is 0.865. The maximum Gasteiger partial charge on any atom is 0.255 e. The third-order valence-electron chi connectivity index (χ3n) is 2.35. The van der Waals surface area contributed by atoms with Crippen molar-refractivity contribution in [2.24, 2.45) is 0 Å². The molecule has 0 radical (unpaired) electrons. The van der Waals surface area contributed by atoms with E-state index in [1.165, 1.54) is 14.0 Å². The van der Waals surface area contributed by atoms with Gasteiger partial charge in [-0.25, -0.2) is 8.78 Å². The summed E-state index contributed by atoms with van der Waals surface area (Å²) in [6, 6.07) is 3.67. The third kappa shape index (κ3) is 3.40. The van der Waals surface area contributed by atoms with Crippen LogP contribution in [0.2, 0.25) is 5.02 Å². The highest BCUT2D eigenvalue weighted by molar-refractivity contribution is 6.31. The zero-order valence-electron chi connectivity index (χ0n) is 10.3. The number of hydrogen-bond donors (Lipinski definition) is 1. The summed E-state index contributed by atoms with van der Waals surface area (Å²) in [5.41, 5.74) is -1.76. The van der Waals surface area contributed by atoms with Crippen LogP contribution in [0.3, 0.4) is 0 Å². The molecular formula is C12H11ClF2N2O2. The number of amides is 1. The highest BCUT2D eigenvalue weighted by atomic mass is 35.5. The van der Waals surface area contributed by atoms with Crippen LogP contribution < -0.4 is 5.32 Å². The fourth-order valence-corrected chi connectivity index (χ4v) is 1.57. The van der Waals surface area contributed by atoms with Crippen molar-refractivity contribution >= 4 is 17.5 Å². The molecular weight excluding hydrogens is 278 g/mol. The molecule has 0 aliphatic rings. The first kappa shape index (κ1) is 15.3. The van der Waals surface area contributed by atoms with E-state index >= 15 is 0 Å². The number of carbonyl (C=O) groups excluding carboxylic acids is 1. The number of nitrogens with one attached hydrogen (secondary N) is 1. The zero-order valence-corrected chi connectivity index (χ0v) is 11.0. The van der Waals surface area contributed by atoms with Crippen molar-refractivity contribution in [2.45, 2.75) is 12.5 Å². The van der Waals surface area contributed by atoms with Gasteiger partial charge >= 0.3 is 0 Å². The second-order valence-corrected chi connectivity index (χ2v) is 4.43. The zero-order chi connectivity index (χ0) is 14.6. The Morgan fingerprint density at radius 1 is 1.58 bits per heavy atom. The van der Waals surface area contributed by atoms with Gasteiger partial charge in [0, 0.05) is 7.11 Å². The van der Waals surface area contributed by atoms with Gasteiger partial charge in [-0.05, 0) is 19.1 Å². The highest BCUT2D eigenvalue weighted by Gasteiger charge is 2.28. The molecule has 1 aromatic carbocycles. The van der Waals surface area contributed by atoms with Gasteiger partial charge in [-0.2, -0.15) is 5.26 Å². The molecule has 0 heterocycles. The summed E-state index contributed by atoms with van der Waals surface area (Å²) in [6.45, 7) is 1.34. The lowest BCUT2D eigenvalue weighted by atomic mass is 10.1. The fraction of sp³-hybridized carbons (Fsp3) is 0.333. The van der Waals surface area contributed by atoms with E-state index in [2.05, 4.69) is 5.32 Å². The standard InChI is InChI=1S/C12H11ClF2N2O2/c1-12(5-16,6-19-2)17-11(18)7-3-4-8(14)9(13)10(7)15/h3-4H,6H2,1-2H3,(H,17,18). The summed E-state index contributed by atoms with van der Waals surface area (Å²) < 4.78 is 31.4. The average Bonchev–Trinajstić information content (AvgIpc) is 2.36. The molecule has 0 saturated carbocycles. The summed E-state index contributed by atoms with van der Waals surface area (Å²) in [5, 5.41) is 10.5. The fourth-order valence-electron chi connectivity index (χ4n) is 1.40. The topological polar surface area (TPSA) is 62.1 Å². The van der Waals surface area contributed by atoms with E-state index in [0.29, 0.717) is 0 Å². The van der Waals surface area contributed by atoms with Gasteiger partial charge in [-0.15, -0.1) is 0 Å². The molecule has 0 bridgehead atoms. The Balaban J connectivity index is 3.03. The molecule has 19 heavy (non-hydrogen) atoms. The van der Waals surface area contributed by atoms with E-state index in [4.69, 9.17) is 21.6 Å². The number of ether oxygens (including phenoxy) is 1. The van der Waals surface area contributed by atoms with Crippen molar-refractivity contribution in [3.63, 3.8) is 0 Å². The Bertz CT molecular complexity index is 545. The van der Waals surface area contributed by atoms with Crippen LogP contribution in [0.25, 0.3) is 0 Å². The predicted octanol–water partition coefficient (Wildman–Crippen LogP) is 2.28. The van der Waals surface area contributed by atoms with Crippen LogP contribution in [0.4, 0.5) is 8.78 Å². The summed E-state index contributed by atoms with van der Waals surface area (Å²) in [6.07, 6.45) is 0. The normalized spacial score (nSPS) is 13.5. The van der Waals surface area contributed by atoms with Crippen molar-refractivity contribution in [3.05, 3.63) is 34.4 Å². The maximum atomic E-state index is 13.6. The number of rotatable bonds is 4. The second-order valence-electron chi connectivity index (χ2n) is 4.05. The molecule has 102 valence electrons. The minimum absolute atomic E-state index is 0.0776. The van der Waals surface area contributed by atoms with E-state index in [0.717, 1.165) is 12.1 Å². The first-order chi connectivity index (χ1) is 8.84. The molecule has 0 aromatic heterocycles. The van der Waals surface area contributed by atoms with Gasteiger partial charge in [0.15, 0.2) is 5.82 Å². The molecule has 1 N–H and O–H groups in total. The average molecular weight is 289 g/mol. The summed E-state index contributed by atoms with van der Waals surface area (Å²) >= 11 is 5.37. The van der Waals surface area contributed by atoms with E-state index < -0.39 is 33.7 Å². The first-order valence-electron chi connectivity index (χ1n) is 5.21. The van der Waals surface area contributed by atoms with Crippen molar-refractivity contribution in [3.8, 4) is 6.07 Å². The number of methoxy groups -OCH3 is 1. The van der Waals surface area contributed by atoms with Crippen LogP contribution in [0.5, 0.6) is 0 Å². The number of halogens is 3. The summed E-state index contributed by atoms with van der Waals surface area (Å²) in [7, 11) is 1.36. The molecule has 0 aliphatic carbocycles. The van der Waals surface area contributed by atoms with Gasteiger partial charge in [-0.1, -0.05) is 11.6 Å². The largest absolute Gasteiger partial charge is 0.381 e. The highest BCUT2D eigenvalue weighted by Crippen LogP contribution is 2.22. The van der Waals surface area contributed by atoms with Crippen LogP contribution in [0, 0.1) is 23.0 Å². The minimum atomic E-state index is -1.32. The molecule has 4 nitrogen and oxygen atoms in total. The number of nitriles is 1. The lowest BCUT2D eigenvalue weighted by molar-refractivity contribution is 0.0856. The second kappa shape index (κ2) is 5.95. The van der Waals surface area contributed by atoms with E-state index in [1.807, 2.05) is 6.07 Å². The van der Waals surface area contributed by atoms with E-state index in [-0.39, 0.29) is 6.61 Å². The number of nitrogens with zero attached hydrogens (tertiary/aromatic N) is 1. The number of benzene rings is 1. The van der Waals surface area contributed by atoms with Crippen molar-refractivity contribution in [1.29, 1.82) is 5.26 Å².